The summed E-state index contributed by atoms with van der Waals surface area (Å²) in [6, 6.07) is 2.26. The third-order valence-corrected chi connectivity index (χ3v) is 4.25. The van der Waals surface area contributed by atoms with Crippen LogP contribution in [-0.4, -0.2) is 18.8 Å². The average molecular weight is 236 g/mol. The minimum atomic E-state index is -0.752. The van der Waals surface area contributed by atoms with Crippen molar-refractivity contribution in [1.29, 1.82) is 0 Å². The monoisotopic (exact) mass is 236 g/mol. The largest absolute Gasteiger partial charge is 0.452 e. The van der Waals surface area contributed by atoms with Crippen molar-refractivity contribution in [2.75, 3.05) is 18.8 Å². The summed E-state index contributed by atoms with van der Waals surface area (Å²) >= 11 is 0. The number of rotatable bonds is 1. The van der Waals surface area contributed by atoms with Crippen molar-refractivity contribution in [3.63, 3.8) is 0 Å². The molecule has 2 rings (SSSR count). The van der Waals surface area contributed by atoms with Crippen molar-refractivity contribution >= 4 is 16.1 Å². The first-order chi connectivity index (χ1) is 7.47. The number of furan rings is 1. The molecule has 16 heavy (non-hydrogen) atoms. The number of allylic oxidation sites excluding steroid dienone is 3. The zero-order valence-corrected chi connectivity index (χ0v) is 11.4. The molecule has 1 aromatic heterocycles. The number of aryl methyl sites for hydroxylation is 1. The molecule has 0 unspecified atom stereocenters. The standard InChI is InChI=1S/C14H20OS/c1-11-6-5-7-13-12(9-8-11)10-14(15-13)16(2,3)4/h5-7,10H,8-9H2,1-4H3/b7-5-,11-6+. The minimum Gasteiger partial charge on any atom is -0.452 e. The van der Waals surface area contributed by atoms with Gasteiger partial charge >= 0.3 is 0 Å². The maximum absolute atomic E-state index is 5.96. The van der Waals surface area contributed by atoms with Crippen LogP contribution >= 0.6 is 10.0 Å². The fraction of sp³-hybridized carbons (Fsp3) is 0.429. The van der Waals surface area contributed by atoms with Gasteiger partial charge in [-0.1, -0.05) is 17.7 Å². The second-order valence-corrected chi connectivity index (χ2v) is 9.24. The molecule has 0 spiro atoms. The minimum absolute atomic E-state index is 0.752. The first kappa shape index (κ1) is 11.6. The molecule has 0 fully saturated rings. The number of fused-ring (bicyclic) bond motifs is 1. The van der Waals surface area contributed by atoms with Crippen LogP contribution in [0.25, 0.3) is 6.08 Å². The quantitative estimate of drug-likeness (QED) is 0.711. The summed E-state index contributed by atoms with van der Waals surface area (Å²) in [6.45, 7) is 2.19. The zero-order chi connectivity index (χ0) is 11.8. The van der Waals surface area contributed by atoms with Gasteiger partial charge in [-0.3, -0.25) is 0 Å². The van der Waals surface area contributed by atoms with Crippen molar-refractivity contribution in [3.8, 4) is 0 Å². The normalized spacial score (nSPS) is 22.6. The first-order valence-corrected chi connectivity index (χ1v) is 8.47. The molecule has 1 aromatic rings. The van der Waals surface area contributed by atoms with E-state index in [2.05, 4.69) is 50.0 Å². The van der Waals surface area contributed by atoms with E-state index in [9.17, 15) is 0 Å². The van der Waals surface area contributed by atoms with Gasteiger partial charge in [-0.25, -0.2) is 0 Å². The van der Waals surface area contributed by atoms with Crippen LogP contribution in [0.1, 0.15) is 24.7 Å². The molecule has 0 bridgehead atoms. The first-order valence-electron chi connectivity index (χ1n) is 5.62. The Bertz CT molecular complexity index is 444. The van der Waals surface area contributed by atoms with Gasteiger partial charge < -0.3 is 4.42 Å². The molecule has 1 aliphatic carbocycles. The third kappa shape index (κ3) is 2.43. The predicted octanol–water partition coefficient (Wildman–Crippen LogP) is 4.24. The van der Waals surface area contributed by atoms with E-state index in [0.717, 1.165) is 18.6 Å². The van der Waals surface area contributed by atoms with Crippen molar-refractivity contribution in [3.05, 3.63) is 35.1 Å². The van der Waals surface area contributed by atoms with E-state index in [4.69, 9.17) is 4.42 Å². The summed E-state index contributed by atoms with van der Waals surface area (Å²) in [5.41, 5.74) is 2.80. The van der Waals surface area contributed by atoms with Crippen LogP contribution in [0.3, 0.4) is 0 Å². The van der Waals surface area contributed by atoms with E-state index in [0.29, 0.717) is 0 Å². The van der Waals surface area contributed by atoms with E-state index in [1.54, 1.807) is 0 Å². The molecule has 0 saturated heterocycles. The molecular formula is C14H20OS. The Balaban J connectivity index is 2.37. The molecule has 0 aromatic carbocycles. The lowest BCUT2D eigenvalue weighted by Gasteiger charge is -2.21. The summed E-state index contributed by atoms with van der Waals surface area (Å²) in [7, 11) is -0.752. The molecule has 1 aliphatic rings. The van der Waals surface area contributed by atoms with Crippen LogP contribution in [0.5, 0.6) is 0 Å². The van der Waals surface area contributed by atoms with Gasteiger partial charge in [0, 0.05) is 0 Å². The van der Waals surface area contributed by atoms with Crippen LogP contribution in [0.2, 0.25) is 0 Å². The smallest absolute Gasteiger partial charge is 0.143 e. The van der Waals surface area contributed by atoms with Crippen molar-refractivity contribution in [1.82, 2.24) is 0 Å². The van der Waals surface area contributed by atoms with E-state index in [1.807, 2.05) is 0 Å². The lowest BCUT2D eigenvalue weighted by molar-refractivity contribution is 0.462. The van der Waals surface area contributed by atoms with E-state index >= 15 is 0 Å². The highest BCUT2D eigenvalue weighted by Gasteiger charge is 2.17. The van der Waals surface area contributed by atoms with E-state index < -0.39 is 10.0 Å². The van der Waals surface area contributed by atoms with Gasteiger partial charge in [0.1, 0.15) is 10.9 Å². The fourth-order valence-corrected chi connectivity index (χ4v) is 2.61. The Kier molecular flexibility index (Phi) is 3.02. The van der Waals surface area contributed by atoms with Crippen LogP contribution in [0.15, 0.2) is 33.3 Å². The summed E-state index contributed by atoms with van der Waals surface area (Å²) in [5.74, 6) is 1.06. The van der Waals surface area contributed by atoms with Gasteiger partial charge in [0.25, 0.3) is 0 Å². The van der Waals surface area contributed by atoms with Gasteiger partial charge in [0.05, 0.1) is 0 Å². The molecule has 0 aliphatic heterocycles. The van der Waals surface area contributed by atoms with Gasteiger partial charge in [-0.2, -0.15) is 10.0 Å². The number of hydrogen-bond acceptors (Lipinski definition) is 1. The van der Waals surface area contributed by atoms with Gasteiger partial charge in [-0.15, -0.1) is 0 Å². The van der Waals surface area contributed by atoms with Crippen LogP contribution in [-0.2, 0) is 6.42 Å². The molecule has 0 atom stereocenters. The van der Waals surface area contributed by atoms with Crippen molar-refractivity contribution in [2.24, 2.45) is 0 Å². The highest BCUT2D eigenvalue weighted by molar-refractivity contribution is 8.32. The van der Waals surface area contributed by atoms with Crippen LogP contribution in [0.4, 0.5) is 0 Å². The zero-order valence-electron chi connectivity index (χ0n) is 10.5. The molecule has 0 N–H and O–H groups in total. The van der Waals surface area contributed by atoms with Crippen molar-refractivity contribution in [2.45, 2.75) is 24.9 Å². The number of hydrogen-bond donors (Lipinski definition) is 0. The maximum Gasteiger partial charge on any atom is 0.143 e. The molecule has 2 heteroatoms. The van der Waals surface area contributed by atoms with E-state index in [1.165, 1.54) is 16.2 Å². The SMILES string of the molecule is C/C1=C\C=C/c2oc(S(C)(C)C)cc2CC1. The molecule has 1 nitrogen and oxygen atoms in total. The Morgan fingerprint density at radius 2 is 1.94 bits per heavy atom. The summed E-state index contributed by atoms with van der Waals surface area (Å²) in [4.78, 5) is 0. The lowest BCUT2D eigenvalue weighted by atomic mass is 10.0. The molecule has 0 saturated carbocycles. The molecule has 88 valence electrons. The Hall–Kier alpha value is -0.890. The predicted molar refractivity (Wildman–Crippen MR) is 73.4 cm³/mol. The Morgan fingerprint density at radius 1 is 1.19 bits per heavy atom. The van der Waals surface area contributed by atoms with Crippen LogP contribution < -0.4 is 0 Å². The van der Waals surface area contributed by atoms with E-state index in [-0.39, 0.29) is 0 Å². The van der Waals surface area contributed by atoms with Gasteiger partial charge in [0.2, 0.25) is 0 Å². The van der Waals surface area contributed by atoms with Gasteiger partial charge in [0.15, 0.2) is 0 Å². The Labute approximate surface area is 99.5 Å². The molecule has 0 radical (unpaired) electrons. The van der Waals surface area contributed by atoms with Crippen LogP contribution in [0, 0.1) is 0 Å². The summed E-state index contributed by atoms with van der Waals surface area (Å²) in [5, 5.41) is 1.17. The average Bonchev–Trinajstić information content (AvgIpc) is 2.54. The molecule has 0 amide bonds. The molecular weight excluding hydrogens is 216 g/mol. The highest BCUT2D eigenvalue weighted by Crippen LogP contribution is 2.47. The summed E-state index contributed by atoms with van der Waals surface area (Å²) < 4.78 is 5.96. The molecule has 1 heterocycles. The van der Waals surface area contributed by atoms with Crippen molar-refractivity contribution < 1.29 is 4.42 Å². The lowest BCUT2D eigenvalue weighted by Crippen LogP contribution is -1.90. The third-order valence-electron chi connectivity index (χ3n) is 2.84. The highest BCUT2D eigenvalue weighted by atomic mass is 32.3. The maximum atomic E-state index is 5.96. The van der Waals surface area contributed by atoms with Gasteiger partial charge in [-0.05, 0) is 56.2 Å². The summed E-state index contributed by atoms with van der Waals surface area (Å²) in [6.07, 6.45) is 15.4. The fourth-order valence-electron chi connectivity index (χ4n) is 1.77. The topological polar surface area (TPSA) is 13.1 Å². The Morgan fingerprint density at radius 3 is 2.62 bits per heavy atom. The second kappa shape index (κ2) is 4.17. The second-order valence-electron chi connectivity index (χ2n) is 5.16.